The van der Waals surface area contributed by atoms with E-state index in [1.54, 1.807) is 36.5 Å². The van der Waals surface area contributed by atoms with Crippen molar-refractivity contribution in [2.75, 3.05) is 12.3 Å². The van der Waals surface area contributed by atoms with E-state index in [2.05, 4.69) is 4.98 Å². The van der Waals surface area contributed by atoms with Crippen LogP contribution in [0.2, 0.25) is 0 Å². The van der Waals surface area contributed by atoms with E-state index in [-0.39, 0.29) is 16.4 Å². The zero-order valence-electron chi connectivity index (χ0n) is 20.3. The Morgan fingerprint density at radius 3 is 2.35 bits per heavy atom. The van der Waals surface area contributed by atoms with Crippen LogP contribution in [0.15, 0.2) is 90.0 Å². The number of H-pyrrole nitrogens is 1. The van der Waals surface area contributed by atoms with Gasteiger partial charge in [-0.25, -0.2) is 13.2 Å². The molecule has 1 amide bonds. The molecule has 4 aromatic rings. The fraction of sp³-hybridized carbons (Fsp3) is 0.241. The number of ketones is 1. The lowest BCUT2D eigenvalue weighted by molar-refractivity contribution is 0.0642. The molecule has 1 atom stereocenters. The number of hydrogen-bond acceptors (Lipinski definition) is 4. The first-order valence-corrected chi connectivity index (χ1v) is 13.9. The number of likely N-dealkylation sites (tertiary alicyclic amines) is 1. The van der Waals surface area contributed by atoms with Gasteiger partial charge in [-0.05, 0) is 54.7 Å². The van der Waals surface area contributed by atoms with E-state index in [0.717, 1.165) is 16.6 Å². The van der Waals surface area contributed by atoms with Gasteiger partial charge in [0.15, 0.2) is 15.6 Å². The number of carbonyl (C=O) groups excluding carboxylic acids is 1. The third kappa shape index (κ3) is 4.76. The Bertz CT molecular complexity index is 1550. The van der Waals surface area contributed by atoms with Crippen LogP contribution < -0.4 is 0 Å². The van der Waals surface area contributed by atoms with Crippen molar-refractivity contribution < 1.29 is 23.1 Å². The fourth-order valence-corrected chi connectivity index (χ4v) is 6.66. The Labute approximate surface area is 215 Å². The van der Waals surface area contributed by atoms with E-state index >= 15 is 0 Å². The molecule has 0 saturated carbocycles. The fourth-order valence-electron chi connectivity index (χ4n) is 5.35. The lowest BCUT2D eigenvalue weighted by atomic mass is 9.81. The first-order valence-electron chi connectivity index (χ1n) is 12.3. The molecule has 2 N–H and O–H groups in total. The van der Waals surface area contributed by atoms with Crippen molar-refractivity contribution in [2.24, 2.45) is 0 Å². The predicted octanol–water partition coefficient (Wildman–Crippen LogP) is 5.12. The number of aromatic amines is 1. The first-order chi connectivity index (χ1) is 17.8. The van der Waals surface area contributed by atoms with Gasteiger partial charge in [0, 0.05) is 35.6 Å². The molecule has 0 bridgehead atoms. The van der Waals surface area contributed by atoms with Crippen LogP contribution in [0, 0.1) is 0 Å². The van der Waals surface area contributed by atoms with Crippen LogP contribution in [0.4, 0.5) is 4.79 Å². The summed E-state index contributed by atoms with van der Waals surface area (Å²) in [5, 5.41) is 10.7. The zero-order valence-corrected chi connectivity index (χ0v) is 21.1. The summed E-state index contributed by atoms with van der Waals surface area (Å²) in [4.78, 5) is 31.1. The van der Waals surface area contributed by atoms with Gasteiger partial charge in [-0.3, -0.25) is 9.69 Å². The summed E-state index contributed by atoms with van der Waals surface area (Å²) in [7, 11) is -3.45. The van der Waals surface area contributed by atoms with E-state index < -0.39 is 21.5 Å². The van der Waals surface area contributed by atoms with Crippen molar-refractivity contribution in [1.82, 2.24) is 9.88 Å². The highest BCUT2D eigenvalue weighted by molar-refractivity contribution is 7.91. The number of hydrogen-bond donors (Lipinski definition) is 2. The molecular weight excluding hydrogens is 488 g/mol. The van der Waals surface area contributed by atoms with Crippen LogP contribution in [0.1, 0.15) is 34.3 Å². The van der Waals surface area contributed by atoms with Crippen molar-refractivity contribution in [2.45, 2.75) is 36.1 Å². The first kappa shape index (κ1) is 24.8. The summed E-state index contributed by atoms with van der Waals surface area (Å²) >= 11 is 0. The molecule has 8 heteroatoms. The molecular formula is C29H28N2O5S. The highest BCUT2D eigenvalue weighted by atomic mass is 32.2. The van der Waals surface area contributed by atoms with Gasteiger partial charge in [-0.15, -0.1) is 0 Å². The molecule has 37 heavy (non-hydrogen) atoms. The van der Waals surface area contributed by atoms with Crippen molar-refractivity contribution in [1.29, 1.82) is 0 Å². The zero-order chi connectivity index (χ0) is 26.0. The Morgan fingerprint density at radius 1 is 0.946 bits per heavy atom. The molecule has 7 nitrogen and oxygen atoms in total. The number of rotatable bonds is 8. The van der Waals surface area contributed by atoms with Crippen LogP contribution in [0.25, 0.3) is 10.9 Å². The SMILES string of the molecule is O=C(O)N1CCCC1(Cc1ccccc1)C(=O)c1c[nH]c2ccc(CCS(=O)(=O)c3ccccc3)cc12. The molecule has 1 aromatic heterocycles. The quantitative estimate of drug-likeness (QED) is 0.316. The number of Topliss-reactive ketones (excluding diaryl/α,β-unsaturated/α-hetero) is 1. The second-order valence-electron chi connectivity index (χ2n) is 9.53. The summed E-state index contributed by atoms with van der Waals surface area (Å²) in [5.74, 6) is -0.294. The largest absolute Gasteiger partial charge is 0.465 e. The van der Waals surface area contributed by atoms with Crippen LogP contribution in [-0.4, -0.2) is 53.1 Å². The van der Waals surface area contributed by atoms with Gasteiger partial charge < -0.3 is 10.1 Å². The smallest absolute Gasteiger partial charge is 0.408 e. The molecule has 5 rings (SSSR count). The van der Waals surface area contributed by atoms with Gasteiger partial charge >= 0.3 is 6.09 Å². The van der Waals surface area contributed by atoms with Gasteiger partial charge in [0.05, 0.1) is 10.6 Å². The number of sulfone groups is 1. The minimum absolute atomic E-state index is 0.0546. The van der Waals surface area contributed by atoms with Gasteiger partial charge in [-0.1, -0.05) is 54.6 Å². The molecule has 1 fully saturated rings. The minimum Gasteiger partial charge on any atom is -0.465 e. The number of fused-ring (bicyclic) bond motifs is 1. The molecule has 0 spiro atoms. The van der Waals surface area contributed by atoms with Crippen LogP contribution >= 0.6 is 0 Å². The maximum absolute atomic E-state index is 14.2. The number of nitrogens with one attached hydrogen (secondary N) is 1. The van der Waals surface area contributed by atoms with Crippen LogP contribution in [0.5, 0.6) is 0 Å². The third-order valence-electron chi connectivity index (χ3n) is 7.23. The molecule has 0 aliphatic carbocycles. The normalized spacial score (nSPS) is 17.8. The van der Waals surface area contributed by atoms with Crippen molar-refractivity contribution in [3.8, 4) is 0 Å². The van der Waals surface area contributed by atoms with Crippen LogP contribution in [0.3, 0.4) is 0 Å². The molecule has 3 aromatic carbocycles. The highest BCUT2D eigenvalue weighted by Gasteiger charge is 2.50. The number of nitrogens with zero attached hydrogens (tertiary/aromatic N) is 1. The molecule has 1 unspecified atom stereocenters. The third-order valence-corrected chi connectivity index (χ3v) is 8.97. The molecule has 0 radical (unpaired) electrons. The number of aromatic nitrogens is 1. The summed E-state index contributed by atoms with van der Waals surface area (Å²) in [6, 6.07) is 23.4. The summed E-state index contributed by atoms with van der Waals surface area (Å²) in [6.45, 7) is 0.304. The molecule has 2 heterocycles. The molecule has 1 saturated heterocycles. The lowest BCUT2D eigenvalue weighted by Crippen LogP contribution is -2.54. The molecule has 1 aliphatic heterocycles. The average molecular weight is 517 g/mol. The van der Waals surface area contributed by atoms with Crippen molar-refractivity contribution >= 4 is 32.6 Å². The van der Waals surface area contributed by atoms with Crippen molar-refractivity contribution in [3.63, 3.8) is 0 Å². The average Bonchev–Trinajstić information content (AvgIpc) is 3.53. The van der Waals surface area contributed by atoms with Crippen molar-refractivity contribution in [3.05, 3.63) is 102 Å². The van der Waals surface area contributed by atoms with Gasteiger partial charge in [-0.2, -0.15) is 0 Å². The van der Waals surface area contributed by atoms with E-state index in [4.69, 9.17) is 0 Å². The Hall–Kier alpha value is -3.91. The van der Waals surface area contributed by atoms with E-state index in [1.165, 1.54) is 4.90 Å². The summed E-state index contributed by atoms with van der Waals surface area (Å²) < 4.78 is 25.5. The van der Waals surface area contributed by atoms with E-state index in [0.29, 0.717) is 43.2 Å². The maximum atomic E-state index is 14.2. The number of carboxylic acid groups (broad SMARTS) is 1. The van der Waals surface area contributed by atoms with Gasteiger partial charge in [0.2, 0.25) is 0 Å². The van der Waals surface area contributed by atoms with Gasteiger partial charge in [0.25, 0.3) is 0 Å². The minimum atomic E-state index is -3.45. The predicted molar refractivity (Wildman–Crippen MR) is 142 cm³/mol. The number of amides is 1. The second-order valence-corrected chi connectivity index (χ2v) is 11.6. The number of benzene rings is 3. The molecule has 190 valence electrons. The highest BCUT2D eigenvalue weighted by Crippen LogP contribution is 2.38. The van der Waals surface area contributed by atoms with Crippen LogP contribution in [-0.2, 0) is 22.7 Å². The number of aryl methyl sites for hydroxylation is 1. The Kier molecular flexibility index (Phi) is 6.60. The monoisotopic (exact) mass is 516 g/mol. The lowest BCUT2D eigenvalue weighted by Gasteiger charge is -2.35. The number of carbonyl (C=O) groups is 2. The van der Waals surface area contributed by atoms with E-state index in [9.17, 15) is 23.1 Å². The van der Waals surface area contributed by atoms with E-state index in [1.807, 2.05) is 48.5 Å². The molecule has 1 aliphatic rings. The standard InChI is InChI=1S/C29H28N2O5S/c32-27(29(15-7-16-31(29)28(33)34)19-22-8-3-1-4-9-22)25-20-30-26-13-12-21(18-24(25)26)14-17-37(35,36)23-10-5-2-6-11-23/h1-6,8-13,18,20,30H,7,14-17,19H2,(H,33,34). The summed E-state index contributed by atoms with van der Waals surface area (Å²) in [5.41, 5.74) is 1.66. The Balaban J connectivity index is 1.48. The maximum Gasteiger partial charge on any atom is 0.408 e. The Morgan fingerprint density at radius 2 is 1.65 bits per heavy atom. The second kappa shape index (κ2) is 9.86. The topological polar surface area (TPSA) is 108 Å². The van der Waals surface area contributed by atoms with Gasteiger partial charge in [0.1, 0.15) is 5.54 Å². The summed E-state index contributed by atoms with van der Waals surface area (Å²) in [6.07, 6.45) is 2.17.